The number of aliphatic hydroxyl groups excluding tert-OH is 5. The van der Waals surface area contributed by atoms with E-state index in [4.69, 9.17) is 10.5 Å². The molecule has 0 saturated carbocycles. The minimum atomic E-state index is -5.34. The van der Waals surface area contributed by atoms with Gasteiger partial charge in [0, 0.05) is 6.04 Å². The van der Waals surface area contributed by atoms with Crippen LogP contribution in [0.3, 0.4) is 0 Å². The number of nitrogens with zero attached hydrogens (tertiary/aromatic N) is 3. The van der Waals surface area contributed by atoms with E-state index >= 15 is 0 Å². The number of nitrogens with one attached hydrogen (secondary N) is 2. The van der Waals surface area contributed by atoms with Crippen LogP contribution in [0.15, 0.2) is 11.1 Å². The third kappa shape index (κ3) is 6.39. The van der Waals surface area contributed by atoms with Gasteiger partial charge in [-0.2, -0.15) is 9.29 Å². The SMILES string of the molecule is C[C@@H]1N[C@H](COP(=O)(O)OP(=O)(O)OC[C@H]2O[C@@H](n3cnc4c(=O)[nH]c(N)nc43)[C@H](O)[C@@H]2O)[C@@H](O)[C@H](O)[C@@H]1O. The zero-order valence-electron chi connectivity index (χ0n) is 20.0. The van der Waals surface area contributed by atoms with Gasteiger partial charge >= 0.3 is 15.6 Å². The van der Waals surface area contributed by atoms with Crippen LogP contribution >= 0.6 is 15.6 Å². The number of imidazole rings is 1. The fraction of sp³-hybridized carbons (Fsp3) is 0.706. The molecule has 2 aliphatic heterocycles. The van der Waals surface area contributed by atoms with Gasteiger partial charge in [0.05, 0.1) is 31.7 Å². The summed E-state index contributed by atoms with van der Waals surface area (Å²) in [5.74, 6) is -0.256. The first-order valence-electron chi connectivity index (χ1n) is 11.3. The Balaban J connectivity index is 1.35. The molecule has 2 unspecified atom stereocenters. The fourth-order valence-corrected chi connectivity index (χ4v) is 6.27. The molecule has 39 heavy (non-hydrogen) atoms. The number of H-pyrrole nitrogens is 1. The topological polar surface area (TPSA) is 314 Å². The van der Waals surface area contributed by atoms with E-state index in [2.05, 4.69) is 33.6 Å². The lowest BCUT2D eigenvalue weighted by Gasteiger charge is -2.40. The van der Waals surface area contributed by atoms with E-state index in [-0.39, 0.29) is 17.1 Å². The number of phosphoric acid groups is 2. The number of ether oxygens (including phenoxy) is 1. The van der Waals surface area contributed by atoms with Crippen LogP contribution in [0.5, 0.6) is 0 Å². The number of aliphatic hydroxyl groups is 5. The van der Waals surface area contributed by atoms with Crippen molar-refractivity contribution in [1.82, 2.24) is 24.8 Å². The minimum absolute atomic E-state index is 0.0856. The Morgan fingerprint density at radius 3 is 2.33 bits per heavy atom. The first-order chi connectivity index (χ1) is 18.1. The zero-order chi connectivity index (χ0) is 28.9. The molecule has 4 heterocycles. The molecule has 2 aliphatic rings. The van der Waals surface area contributed by atoms with Crippen molar-refractivity contribution in [3.05, 3.63) is 16.7 Å². The molecule has 11 atom stereocenters. The van der Waals surface area contributed by atoms with Gasteiger partial charge in [-0.05, 0) is 6.92 Å². The highest BCUT2D eigenvalue weighted by molar-refractivity contribution is 7.61. The molecule has 11 N–H and O–H groups in total. The minimum Gasteiger partial charge on any atom is -0.389 e. The summed E-state index contributed by atoms with van der Waals surface area (Å²) in [5.41, 5.74) is 4.63. The monoisotopic (exact) mass is 602 g/mol. The van der Waals surface area contributed by atoms with E-state index in [9.17, 15) is 49.2 Å². The number of phosphoric ester groups is 2. The lowest BCUT2D eigenvalue weighted by molar-refractivity contribution is -0.116. The predicted molar refractivity (Wildman–Crippen MR) is 126 cm³/mol. The van der Waals surface area contributed by atoms with Crippen molar-refractivity contribution in [1.29, 1.82) is 0 Å². The Bertz CT molecular complexity index is 1340. The van der Waals surface area contributed by atoms with Crippen molar-refractivity contribution in [2.45, 2.75) is 61.9 Å². The number of aromatic amines is 1. The van der Waals surface area contributed by atoms with E-state index in [1.807, 2.05) is 0 Å². The van der Waals surface area contributed by atoms with Gasteiger partial charge in [-0.1, -0.05) is 0 Å². The van der Waals surface area contributed by atoms with Gasteiger partial charge < -0.3 is 51.1 Å². The maximum atomic E-state index is 12.3. The van der Waals surface area contributed by atoms with Crippen LogP contribution in [0.25, 0.3) is 11.2 Å². The van der Waals surface area contributed by atoms with Crippen molar-refractivity contribution >= 4 is 32.8 Å². The van der Waals surface area contributed by atoms with Gasteiger partial charge in [-0.25, -0.2) is 14.1 Å². The number of anilines is 1. The fourth-order valence-electron chi connectivity index (χ4n) is 4.16. The average Bonchev–Trinajstić information content (AvgIpc) is 3.38. The first kappa shape index (κ1) is 30.1. The molecule has 2 fully saturated rings. The van der Waals surface area contributed by atoms with E-state index in [1.165, 1.54) is 6.92 Å². The van der Waals surface area contributed by atoms with Crippen molar-refractivity contribution in [3.63, 3.8) is 0 Å². The van der Waals surface area contributed by atoms with Crippen LogP contribution in [0.4, 0.5) is 5.95 Å². The molecule has 0 amide bonds. The molecular weight excluding hydrogens is 574 g/mol. The molecular formula is C17H28N6O14P2. The molecule has 0 aromatic carbocycles. The van der Waals surface area contributed by atoms with Crippen LogP contribution in [0, 0.1) is 0 Å². The summed E-state index contributed by atoms with van der Waals surface area (Å²) in [5, 5.41) is 53.0. The second-order valence-electron chi connectivity index (χ2n) is 8.97. The Labute approximate surface area is 218 Å². The van der Waals surface area contributed by atoms with Crippen molar-refractivity contribution in [3.8, 4) is 0 Å². The number of hydrogen-bond acceptors (Lipinski definition) is 16. The molecule has 2 aromatic rings. The summed E-state index contributed by atoms with van der Waals surface area (Å²) in [6, 6.07) is -1.88. The molecule has 4 rings (SSSR count). The number of hydrogen-bond donors (Lipinski definition) is 10. The Kier molecular flexibility index (Phi) is 8.63. The number of piperidine rings is 1. The van der Waals surface area contributed by atoms with E-state index < -0.39 is 89.4 Å². The van der Waals surface area contributed by atoms with E-state index in [1.54, 1.807) is 0 Å². The smallest absolute Gasteiger partial charge is 0.389 e. The second-order valence-corrected chi connectivity index (χ2v) is 12.0. The van der Waals surface area contributed by atoms with Gasteiger partial charge in [-0.3, -0.25) is 23.4 Å². The summed E-state index contributed by atoms with van der Waals surface area (Å²) in [4.78, 5) is 41.7. The van der Waals surface area contributed by atoms with Gasteiger partial charge in [0.2, 0.25) is 5.95 Å². The molecule has 0 radical (unpaired) electrons. The number of nitrogen functional groups attached to an aromatic ring is 1. The van der Waals surface area contributed by atoms with Gasteiger partial charge in [0.1, 0.15) is 30.5 Å². The highest BCUT2D eigenvalue weighted by Crippen LogP contribution is 2.60. The largest absolute Gasteiger partial charge is 0.481 e. The lowest BCUT2D eigenvalue weighted by Crippen LogP contribution is -2.65. The number of rotatable bonds is 9. The number of nitrogens with two attached hydrogens (primary N) is 1. The third-order valence-electron chi connectivity index (χ3n) is 6.19. The Morgan fingerprint density at radius 2 is 1.67 bits per heavy atom. The van der Waals surface area contributed by atoms with E-state index in [0.29, 0.717) is 0 Å². The molecule has 0 bridgehead atoms. The number of aromatic nitrogens is 4. The molecule has 0 aliphatic carbocycles. The highest BCUT2D eigenvalue weighted by Gasteiger charge is 2.47. The molecule has 22 heteroatoms. The first-order valence-corrected chi connectivity index (χ1v) is 14.3. The van der Waals surface area contributed by atoms with Crippen molar-refractivity contribution in [2.75, 3.05) is 18.9 Å². The standard InChI is InChI=1S/C17H28N6O14P2/c1-5-9(24)12(27)10(25)6(20-5)2-34-38(30,31)37-39(32,33)35-3-7-11(26)13(28)16(36-7)23-4-19-8-14(23)21-17(18)22-15(8)29/h4-7,9-13,16,20,24-28H,2-3H2,1H3,(H,30,31)(H,32,33)(H3,18,21,22,29)/t5-,6+,7+,9+,10+,11+,12+,13+,16+/m0/s1. The summed E-state index contributed by atoms with van der Waals surface area (Å²) in [6.07, 6.45) is -9.64. The quantitative estimate of drug-likeness (QED) is 0.122. The molecule has 2 aromatic heterocycles. The van der Waals surface area contributed by atoms with Gasteiger partial charge in [-0.15, -0.1) is 0 Å². The van der Waals surface area contributed by atoms with E-state index in [0.717, 1.165) is 10.9 Å². The zero-order valence-corrected chi connectivity index (χ0v) is 21.8. The van der Waals surface area contributed by atoms with Crippen molar-refractivity contribution < 1.29 is 62.5 Å². The number of fused-ring (bicyclic) bond motifs is 1. The molecule has 0 spiro atoms. The van der Waals surface area contributed by atoms with Crippen LogP contribution in [-0.4, -0.2) is 117 Å². The molecule has 20 nitrogen and oxygen atoms in total. The predicted octanol–water partition coefficient (Wildman–Crippen LogP) is -3.99. The molecule has 2 saturated heterocycles. The molecule has 220 valence electrons. The second kappa shape index (κ2) is 11.2. The normalized spacial score (nSPS) is 36.6. The van der Waals surface area contributed by atoms with Crippen LogP contribution < -0.4 is 16.6 Å². The average molecular weight is 602 g/mol. The summed E-state index contributed by atoms with van der Waals surface area (Å²) < 4.78 is 44.6. The highest BCUT2D eigenvalue weighted by atomic mass is 31.3. The van der Waals surface area contributed by atoms with Gasteiger partial charge in [0.25, 0.3) is 5.56 Å². The van der Waals surface area contributed by atoms with Crippen LogP contribution in [0.2, 0.25) is 0 Å². The third-order valence-corrected chi connectivity index (χ3v) is 8.79. The Morgan fingerprint density at radius 1 is 1.03 bits per heavy atom. The van der Waals surface area contributed by atoms with Crippen molar-refractivity contribution in [2.24, 2.45) is 0 Å². The maximum absolute atomic E-state index is 12.3. The van der Waals surface area contributed by atoms with Crippen LogP contribution in [0.1, 0.15) is 13.2 Å². The summed E-state index contributed by atoms with van der Waals surface area (Å²) in [7, 11) is -10.6. The Hall–Kier alpha value is -1.87. The van der Waals surface area contributed by atoms with Crippen LogP contribution in [-0.2, 0) is 27.2 Å². The summed E-state index contributed by atoms with van der Waals surface area (Å²) >= 11 is 0. The maximum Gasteiger partial charge on any atom is 0.481 e. The summed E-state index contributed by atoms with van der Waals surface area (Å²) in [6.45, 7) is -0.225. The van der Waals surface area contributed by atoms with Gasteiger partial charge in [0.15, 0.2) is 17.4 Å². The lowest BCUT2D eigenvalue weighted by atomic mass is 9.91.